The second-order valence-electron chi connectivity index (χ2n) is 7.30. The molecular formula is C18H18F7N3O5. The number of rotatable bonds is 5. The van der Waals surface area contributed by atoms with Crippen LogP contribution in [0.1, 0.15) is 13.8 Å². The van der Waals surface area contributed by atoms with Gasteiger partial charge in [-0.2, -0.15) is 26.3 Å². The van der Waals surface area contributed by atoms with Gasteiger partial charge in [0.05, 0.1) is 5.69 Å². The number of benzene rings is 1. The molecule has 0 spiro atoms. The highest BCUT2D eigenvalue weighted by Crippen LogP contribution is 2.36. The molecule has 1 aliphatic rings. The Kier molecular flexibility index (Phi) is 7.16. The van der Waals surface area contributed by atoms with Gasteiger partial charge in [-0.25, -0.2) is 4.39 Å². The molecule has 1 heterocycles. The second-order valence-corrected chi connectivity index (χ2v) is 7.30. The van der Waals surface area contributed by atoms with Gasteiger partial charge in [-0.3, -0.25) is 19.3 Å². The molecule has 0 unspecified atom stereocenters. The molecule has 0 aliphatic carbocycles. The first-order chi connectivity index (χ1) is 14.9. The van der Waals surface area contributed by atoms with Crippen LogP contribution in [-0.2, 0) is 14.4 Å². The summed E-state index contributed by atoms with van der Waals surface area (Å²) in [6.45, 7) is -2.09. The van der Waals surface area contributed by atoms with Crippen LogP contribution in [0.3, 0.4) is 0 Å². The fourth-order valence-electron chi connectivity index (χ4n) is 2.82. The predicted molar refractivity (Wildman–Crippen MR) is 96.5 cm³/mol. The normalized spacial score (nSPS) is 20.8. The van der Waals surface area contributed by atoms with E-state index in [1.54, 1.807) is 0 Å². The number of carbonyl (C=O) groups is 3. The number of ether oxygens (including phenoxy) is 1. The zero-order chi connectivity index (χ0) is 25.4. The van der Waals surface area contributed by atoms with Crippen molar-refractivity contribution in [3.8, 4) is 5.75 Å². The minimum Gasteiger partial charge on any atom is -0.486 e. The van der Waals surface area contributed by atoms with Crippen LogP contribution in [-0.4, -0.2) is 66.0 Å². The van der Waals surface area contributed by atoms with Crippen molar-refractivity contribution in [1.82, 2.24) is 10.6 Å². The average Bonchev–Trinajstić information content (AvgIpc) is 2.75. The Hall–Kier alpha value is -3.10. The van der Waals surface area contributed by atoms with Crippen LogP contribution in [0.5, 0.6) is 5.75 Å². The van der Waals surface area contributed by atoms with Crippen molar-refractivity contribution < 1.29 is 55.0 Å². The van der Waals surface area contributed by atoms with E-state index < -0.39 is 72.4 Å². The first-order valence-electron chi connectivity index (χ1n) is 9.15. The van der Waals surface area contributed by atoms with Crippen molar-refractivity contribution in [1.29, 1.82) is 0 Å². The zero-order valence-electron chi connectivity index (χ0n) is 17.0. The first kappa shape index (κ1) is 26.2. The maximum Gasteiger partial charge on any atom is 0.406 e. The van der Waals surface area contributed by atoms with Crippen molar-refractivity contribution in [2.75, 3.05) is 18.0 Å². The van der Waals surface area contributed by atoms with E-state index in [4.69, 9.17) is 4.74 Å². The van der Waals surface area contributed by atoms with E-state index in [2.05, 4.69) is 0 Å². The maximum atomic E-state index is 13.7. The maximum absolute atomic E-state index is 13.7. The van der Waals surface area contributed by atoms with Gasteiger partial charge in [-0.1, -0.05) is 0 Å². The lowest BCUT2D eigenvalue weighted by Gasteiger charge is -2.29. The molecule has 1 aromatic carbocycles. The quantitative estimate of drug-likeness (QED) is 0.429. The highest BCUT2D eigenvalue weighted by molar-refractivity contribution is 6.10. The number of anilines is 1. The number of amides is 3. The number of nitrogens with zero attached hydrogens (tertiary/aromatic N) is 1. The summed E-state index contributed by atoms with van der Waals surface area (Å²) in [7, 11) is 0. The van der Waals surface area contributed by atoms with Crippen molar-refractivity contribution in [2.45, 2.75) is 43.9 Å². The number of hydrogen-bond donors (Lipinski definition) is 3. The first-order valence-corrected chi connectivity index (χ1v) is 9.15. The number of alkyl halides is 6. The Balaban J connectivity index is 2.33. The van der Waals surface area contributed by atoms with Gasteiger partial charge in [0, 0.05) is 6.07 Å². The van der Waals surface area contributed by atoms with Gasteiger partial charge in [0.25, 0.3) is 17.7 Å². The van der Waals surface area contributed by atoms with Gasteiger partial charge in [0.2, 0.25) is 5.60 Å². The third-order valence-corrected chi connectivity index (χ3v) is 4.48. The molecule has 0 fully saturated rings. The fourth-order valence-corrected chi connectivity index (χ4v) is 2.82. The van der Waals surface area contributed by atoms with Crippen molar-refractivity contribution in [3.63, 3.8) is 0 Å². The lowest BCUT2D eigenvalue weighted by atomic mass is 10.0. The Morgan fingerprint density at radius 2 is 1.73 bits per heavy atom. The van der Waals surface area contributed by atoms with E-state index in [0.29, 0.717) is 13.0 Å². The standard InChI is InChI=1S/C18H18F7N3O5/c1-8-12(27-15(31)16(2,32)14(30)26-6-17(20,21)22)13(29)28(7-18(23,24)25)10-5-9(19)3-4-11(10)33-8/h3-5,8,12,32H,6-7H2,1-2H3,(H,26,30)(H,27,31)/t8-,12+,16-/m1/s1. The molecule has 33 heavy (non-hydrogen) atoms. The van der Waals surface area contributed by atoms with Gasteiger partial charge >= 0.3 is 12.4 Å². The summed E-state index contributed by atoms with van der Waals surface area (Å²) in [5.41, 5.74) is -3.72. The Morgan fingerprint density at radius 3 is 2.27 bits per heavy atom. The summed E-state index contributed by atoms with van der Waals surface area (Å²) in [5, 5.41) is 13.2. The Bertz CT molecular complexity index is 933. The van der Waals surface area contributed by atoms with Gasteiger partial charge in [-0.15, -0.1) is 0 Å². The number of aliphatic hydroxyl groups is 1. The van der Waals surface area contributed by atoms with Gasteiger partial charge in [0.1, 0.15) is 36.8 Å². The highest BCUT2D eigenvalue weighted by atomic mass is 19.4. The lowest BCUT2D eigenvalue weighted by molar-refractivity contribution is -0.159. The van der Waals surface area contributed by atoms with Crippen LogP contribution < -0.4 is 20.3 Å². The van der Waals surface area contributed by atoms with E-state index in [1.165, 1.54) is 5.32 Å². The van der Waals surface area contributed by atoms with Crippen LogP contribution in [0.25, 0.3) is 0 Å². The van der Waals surface area contributed by atoms with Crippen LogP contribution in [0, 0.1) is 5.82 Å². The Morgan fingerprint density at radius 1 is 1.12 bits per heavy atom. The smallest absolute Gasteiger partial charge is 0.406 e. The van der Waals surface area contributed by atoms with Crippen molar-refractivity contribution in [3.05, 3.63) is 24.0 Å². The largest absolute Gasteiger partial charge is 0.486 e. The molecule has 3 amide bonds. The minimum atomic E-state index is -4.95. The van der Waals surface area contributed by atoms with E-state index in [9.17, 15) is 50.2 Å². The summed E-state index contributed by atoms with van der Waals surface area (Å²) in [6.07, 6.45) is -11.2. The summed E-state index contributed by atoms with van der Waals surface area (Å²) in [4.78, 5) is 37.2. The Labute approximate surface area is 181 Å². The third-order valence-electron chi connectivity index (χ3n) is 4.48. The number of hydrogen-bond acceptors (Lipinski definition) is 5. The SMILES string of the molecule is C[C@H]1Oc2ccc(F)cc2N(CC(F)(F)F)C(=O)[C@H]1NC(=O)[C@](C)(O)C(=O)NCC(F)(F)F. The molecule has 0 saturated heterocycles. The summed E-state index contributed by atoms with van der Waals surface area (Å²) >= 11 is 0. The highest BCUT2D eigenvalue weighted by Gasteiger charge is 2.46. The number of halogens is 7. The molecule has 1 aliphatic heterocycles. The molecule has 0 bridgehead atoms. The number of fused-ring (bicyclic) bond motifs is 1. The molecule has 8 nitrogen and oxygen atoms in total. The van der Waals surface area contributed by atoms with E-state index >= 15 is 0 Å². The molecule has 184 valence electrons. The topological polar surface area (TPSA) is 108 Å². The predicted octanol–water partition coefficient (Wildman–Crippen LogP) is 1.42. The van der Waals surface area contributed by atoms with E-state index in [0.717, 1.165) is 19.1 Å². The lowest BCUT2D eigenvalue weighted by Crippen LogP contribution is -2.62. The zero-order valence-corrected chi connectivity index (χ0v) is 17.0. The van der Waals surface area contributed by atoms with Crippen molar-refractivity contribution >= 4 is 23.4 Å². The molecule has 2 rings (SSSR count). The van der Waals surface area contributed by atoms with Crippen LogP contribution >= 0.6 is 0 Å². The molecule has 3 atom stereocenters. The second kappa shape index (κ2) is 9.03. The van der Waals surface area contributed by atoms with Crippen LogP contribution in [0.4, 0.5) is 36.4 Å². The van der Waals surface area contributed by atoms with E-state index in [-0.39, 0.29) is 10.6 Å². The fraction of sp³-hybridized carbons (Fsp3) is 0.500. The number of carbonyl (C=O) groups excluding carboxylic acids is 3. The van der Waals surface area contributed by atoms with Gasteiger partial charge in [-0.05, 0) is 26.0 Å². The monoisotopic (exact) mass is 489 g/mol. The minimum absolute atomic E-state index is 0.102. The van der Waals surface area contributed by atoms with E-state index in [1.807, 2.05) is 5.32 Å². The summed E-state index contributed by atoms with van der Waals surface area (Å²) in [6, 6.07) is 0.493. The summed E-state index contributed by atoms with van der Waals surface area (Å²) < 4.78 is 95.2. The van der Waals surface area contributed by atoms with Crippen LogP contribution in [0.15, 0.2) is 18.2 Å². The van der Waals surface area contributed by atoms with Gasteiger partial charge in [0.15, 0.2) is 0 Å². The number of nitrogens with one attached hydrogen (secondary N) is 2. The van der Waals surface area contributed by atoms with Crippen LogP contribution in [0.2, 0.25) is 0 Å². The molecule has 1 aromatic rings. The third kappa shape index (κ3) is 6.46. The molecular weight excluding hydrogens is 471 g/mol. The van der Waals surface area contributed by atoms with Gasteiger partial charge < -0.3 is 20.5 Å². The molecule has 0 saturated carbocycles. The van der Waals surface area contributed by atoms with Crippen molar-refractivity contribution in [2.24, 2.45) is 0 Å². The summed E-state index contributed by atoms with van der Waals surface area (Å²) in [5.74, 6) is -6.20. The molecule has 0 radical (unpaired) electrons. The molecule has 3 N–H and O–H groups in total. The molecule has 0 aromatic heterocycles. The molecule has 15 heteroatoms. The average molecular weight is 489 g/mol.